The van der Waals surface area contributed by atoms with Gasteiger partial charge in [-0.2, -0.15) is 4.31 Å². The van der Waals surface area contributed by atoms with E-state index in [1.807, 2.05) is 6.92 Å². The van der Waals surface area contributed by atoms with Gasteiger partial charge in [-0.15, -0.1) is 0 Å². The first-order valence-electron chi connectivity index (χ1n) is 5.78. The summed E-state index contributed by atoms with van der Waals surface area (Å²) in [5.41, 5.74) is -0.299. The van der Waals surface area contributed by atoms with Crippen molar-refractivity contribution in [1.29, 1.82) is 0 Å². The van der Waals surface area contributed by atoms with Crippen molar-refractivity contribution in [1.82, 2.24) is 4.31 Å². The molecule has 0 amide bonds. The number of ether oxygens (including phenoxy) is 1. The molecule has 0 aliphatic heterocycles. The van der Waals surface area contributed by atoms with Crippen LogP contribution in [0.2, 0.25) is 0 Å². The van der Waals surface area contributed by atoms with E-state index in [1.54, 1.807) is 12.1 Å². The molecule has 0 aliphatic rings. The zero-order chi connectivity index (χ0) is 14.8. The normalized spacial score (nSPS) is 12.5. The molecule has 19 heavy (non-hydrogen) atoms. The molecule has 1 aromatic rings. The van der Waals surface area contributed by atoms with Crippen molar-refractivity contribution in [3.8, 4) is 0 Å². The van der Waals surface area contributed by atoms with Crippen LogP contribution in [-0.2, 0) is 19.6 Å². The summed E-state index contributed by atoms with van der Waals surface area (Å²) in [6, 6.07) is 6.47. The van der Waals surface area contributed by atoms with Gasteiger partial charge in [0.1, 0.15) is 5.54 Å². The monoisotopic (exact) mass is 285 g/mol. The lowest BCUT2D eigenvalue weighted by Crippen LogP contribution is -2.51. The number of carbonyl (C=O) groups is 1. The maximum atomic E-state index is 12.4. The van der Waals surface area contributed by atoms with Crippen molar-refractivity contribution < 1.29 is 17.9 Å². The molecule has 0 bridgehead atoms. The fraction of sp³-hybridized carbons (Fsp3) is 0.462. The largest absolute Gasteiger partial charge is 0.468 e. The molecule has 0 atom stereocenters. The number of methoxy groups -OCH3 is 1. The van der Waals surface area contributed by atoms with Crippen LogP contribution >= 0.6 is 0 Å². The quantitative estimate of drug-likeness (QED) is 0.788. The van der Waals surface area contributed by atoms with Crippen LogP contribution in [0.25, 0.3) is 0 Å². The number of hydrogen-bond donors (Lipinski definition) is 0. The molecular weight excluding hydrogens is 266 g/mol. The third-order valence-electron chi connectivity index (χ3n) is 3.15. The second-order valence-electron chi connectivity index (χ2n) is 4.84. The number of carbonyl (C=O) groups excluding carboxylic acids is 1. The summed E-state index contributed by atoms with van der Waals surface area (Å²) in [6.07, 6.45) is 0. The van der Waals surface area contributed by atoms with Gasteiger partial charge in [0.25, 0.3) is 0 Å². The average Bonchev–Trinajstić information content (AvgIpc) is 2.37. The molecule has 5 nitrogen and oxygen atoms in total. The Kier molecular flexibility index (Phi) is 4.37. The molecule has 0 spiro atoms. The second-order valence-corrected chi connectivity index (χ2v) is 6.81. The van der Waals surface area contributed by atoms with Crippen LogP contribution in [0, 0.1) is 6.92 Å². The van der Waals surface area contributed by atoms with E-state index in [9.17, 15) is 13.2 Å². The summed E-state index contributed by atoms with van der Waals surface area (Å²) in [4.78, 5) is 11.8. The maximum Gasteiger partial charge on any atom is 0.326 e. The molecule has 1 rings (SSSR count). The van der Waals surface area contributed by atoms with Crippen LogP contribution in [0.1, 0.15) is 19.4 Å². The molecule has 0 unspecified atom stereocenters. The minimum atomic E-state index is -3.74. The van der Waals surface area contributed by atoms with Gasteiger partial charge in [0.05, 0.1) is 12.0 Å². The Morgan fingerprint density at radius 2 is 1.68 bits per heavy atom. The molecule has 106 valence electrons. The van der Waals surface area contributed by atoms with Gasteiger partial charge in [-0.25, -0.2) is 8.42 Å². The maximum absolute atomic E-state index is 12.4. The Morgan fingerprint density at radius 3 is 2.11 bits per heavy atom. The first-order chi connectivity index (χ1) is 8.64. The minimum Gasteiger partial charge on any atom is -0.468 e. The summed E-state index contributed by atoms with van der Waals surface area (Å²) in [6.45, 7) is 4.88. The summed E-state index contributed by atoms with van der Waals surface area (Å²) in [5.74, 6) is -0.606. The molecule has 0 saturated carbocycles. The zero-order valence-electron chi connectivity index (χ0n) is 11.8. The Morgan fingerprint density at radius 1 is 1.21 bits per heavy atom. The fourth-order valence-corrected chi connectivity index (χ4v) is 3.02. The van der Waals surface area contributed by atoms with Crippen LogP contribution < -0.4 is 0 Å². The van der Waals surface area contributed by atoms with E-state index in [0.717, 1.165) is 9.87 Å². The first kappa shape index (κ1) is 15.7. The predicted octanol–water partition coefficient (Wildman–Crippen LogP) is 1.57. The highest BCUT2D eigenvalue weighted by atomic mass is 32.2. The number of nitrogens with zero attached hydrogens (tertiary/aromatic N) is 1. The van der Waals surface area contributed by atoms with E-state index in [-0.39, 0.29) is 4.90 Å². The number of benzene rings is 1. The van der Waals surface area contributed by atoms with Gasteiger partial charge in [0.15, 0.2) is 0 Å². The van der Waals surface area contributed by atoms with Crippen LogP contribution in [0.3, 0.4) is 0 Å². The third-order valence-corrected chi connectivity index (χ3v) is 5.20. The number of likely N-dealkylation sites (N-methyl/N-ethyl adjacent to an activating group) is 1. The highest BCUT2D eigenvalue weighted by Gasteiger charge is 2.40. The SMILES string of the molecule is COC(=O)C(C)(C)N(C)S(=O)(=O)c1ccc(C)cc1. The van der Waals surface area contributed by atoms with E-state index in [1.165, 1.54) is 40.1 Å². The van der Waals surface area contributed by atoms with Gasteiger partial charge in [0.2, 0.25) is 10.0 Å². The summed E-state index contributed by atoms with van der Waals surface area (Å²) in [5, 5.41) is 0. The summed E-state index contributed by atoms with van der Waals surface area (Å²) >= 11 is 0. The van der Waals surface area contributed by atoms with Crippen molar-refractivity contribution in [2.75, 3.05) is 14.2 Å². The van der Waals surface area contributed by atoms with Gasteiger partial charge in [-0.3, -0.25) is 4.79 Å². The lowest BCUT2D eigenvalue weighted by atomic mass is 10.1. The van der Waals surface area contributed by atoms with Gasteiger partial charge >= 0.3 is 5.97 Å². The van der Waals surface area contributed by atoms with Gasteiger partial charge in [-0.05, 0) is 32.9 Å². The standard InChI is InChI=1S/C13H19NO4S/c1-10-6-8-11(9-7-10)19(16,17)14(4)13(2,3)12(15)18-5/h6-9H,1-5H3. The molecule has 0 saturated heterocycles. The number of hydrogen-bond acceptors (Lipinski definition) is 4. The highest BCUT2D eigenvalue weighted by Crippen LogP contribution is 2.24. The summed E-state index contributed by atoms with van der Waals surface area (Å²) in [7, 11) is -1.14. The van der Waals surface area contributed by atoms with E-state index >= 15 is 0 Å². The Hall–Kier alpha value is -1.40. The molecule has 0 fully saturated rings. The Balaban J connectivity index is 3.20. The van der Waals surface area contributed by atoms with E-state index in [4.69, 9.17) is 0 Å². The predicted molar refractivity (Wildman–Crippen MR) is 72.2 cm³/mol. The average molecular weight is 285 g/mol. The van der Waals surface area contributed by atoms with Gasteiger partial charge in [-0.1, -0.05) is 17.7 Å². The first-order valence-corrected chi connectivity index (χ1v) is 7.22. The Labute approximate surface area is 114 Å². The number of sulfonamides is 1. The minimum absolute atomic E-state index is 0.151. The number of esters is 1. The summed E-state index contributed by atoms with van der Waals surface area (Å²) < 4.78 is 30.5. The van der Waals surface area contributed by atoms with Crippen LogP contribution in [-0.4, -0.2) is 38.4 Å². The van der Waals surface area contributed by atoms with Gasteiger partial charge < -0.3 is 4.74 Å². The van der Waals surface area contributed by atoms with Crippen molar-refractivity contribution in [3.05, 3.63) is 29.8 Å². The van der Waals surface area contributed by atoms with E-state index in [2.05, 4.69) is 4.74 Å². The van der Waals surface area contributed by atoms with Crippen LogP contribution in [0.4, 0.5) is 0 Å². The number of aryl methyl sites for hydroxylation is 1. The van der Waals surface area contributed by atoms with Crippen LogP contribution in [0.15, 0.2) is 29.2 Å². The highest BCUT2D eigenvalue weighted by molar-refractivity contribution is 7.89. The lowest BCUT2D eigenvalue weighted by molar-refractivity contribution is -0.149. The van der Waals surface area contributed by atoms with Crippen molar-refractivity contribution in [2.24, 2.45) is 0 Å². The second kappa shape index (κ2) is 5.30. The molecule has 0 aliphatic carbocycles. The topological polar surface area (TPSA) is 63.7 Å². The smallest absolute Gasteiger partial charge is 0.326 e. The van der Waals surface area contributed by atoms with E-state index in [0.29, 0.717) is 0 Å². The van der Waals surface area contributed by atoms with Crippen molar-refractivity contribution in [2.45, 2.75) is 31.2 Å². The molecule has 0 N–H and O–H groups in total. The number of rotatable bonds is 4. The fourth-order valence-electron chi connectivity index (χ4n) is 1.55. The molecule has 0 aromatic heterocycles. The third kappa shape index (κ3) is 2.96. The van der Waals surface area contributed by atoms with E-state index < -0.39 is 21.5 Å². The molecule has 0 heterocycles. The molecule has 0 radical (unpaired) electrons. The molecule has 6 heteroatoms. The zero-order valence-corrected chi connectivity index (χ0v) is 12.6. The Bertz CT molecular complexity index is 561. The van der Waals surface area contributed by atoms with Crippen molar-refractivity contribution in [3.63, 3.8) is 0 Å². The van der Waals surface area contributed by atoms with Gasteiger partial charge in [0, 0.05) is 7.05 Å². The van der Waals surface area contributed by atoms with Crippen molar-refractivity contribution >= 4 is 16.0 Å². The van der Waals surface area contributed by atoms with Crippen LogP contribution in [0.5, 0.6) is 0 Å². The lowest BCUT2D eigenvalue weighted by Gasteiger charge is -2.31. The molecular formula is C13H19NO4S. The molecule has 1 aromatic carbocycles.